The molecule has 2 aliphatic carbocycles. The van der Waals surface area contributed by atoms with Crippen molar-refractivity contribution >= 4 is 12.2 Å². The van der Waals surface area contributed by atoms with Gasteiger partial charge in [-0.15, -0.1) is 0 Å². The predicted octanol–water partition coefficient (Wildman–Crippen LogP) is 7.22. The first-order valence-corrected chi connectivity index (χ1v) is 21.9. The van der Waals surface area contributed by atoms with Crippen LogP contribution in [0.4, 0.5) is 0 Å². The fourth-order valence-corrected chi connectivity index (χ4v) is 19.4. The van der Waals surface area contributed by atoms with E-state index in [1.807, 2.05) is 0 Å². The molecule has 0 saturated carbocycles. The Labute approximate surface area is 306 Å². The molecule has 7 rings (SSSR count). The van der Waals surface area contributed by atoms with E-state index in [-0.39, 0.29) is 35.6 Å². The van der Waals surface area contributed by atoms with Crippen molar-refractivity contribution in [3.8, 4) is 22.3 Å². The van der Waals surface area contributed by atoms with Crippen LogP contribution >= 0.6 is 0 Å². The number of benzene rings is 4. The molecule has 48 heavy (non-hydrogen) atoms. The van der Waals surface area contributed by atoms with Gasteiger partial charge in [-0.05, 0) is 0 Å². The van der Waals surface area contributed by atoms with Crippen LogP contribution in [0.1, 0.15) is 104 Å². The molecule has 1 heterocycles. The minimum Gasteiger partial charge on any atom is -1.00 e. The molecule has 1 fully saturated rings. The number of fused-ring (bicyclic) bond motifs is 2. The van der Waals surface area contributed by atoms with E-state index < -0.39 is 16.6 Å². The van der Waals surface area contributed by atoms with Crippen molar-refractivity contribution in [3.63, 3.8) is 0 Å². The molecule has 250 valence electrons. The third-order valence-electron chi connectivity index (χ3n) is 11.6. The van der Waals surface area contributed by atoms with Gasteiger partial charge in [0.15, 0.2) is 0 Å². The van der Waals surface area contributed by atoms with Crippen molar-refractivity contribution in [1.82, 2.24) is 0 Å². The summed E-state index contributed by atoms with van der Waals surface area (Å²) in [7, 11) is 0. The van der Waals surface area contributed by atoms with Crippen molar-refractivity contribution < 1.29 is 41.4 Å². The summed E-state index contributed by atoms with van der Waals surface area (Å²) in [4.78, 5) is 0. The van der Waals surface area contributed by atoms with Crippen molar-refractivity contribution in [2.24, 2.45) is 10.8 Å². The number of hydrogen-bond acceptors (Lipinski definition) is 0. The summed E-state index contributed by atoms with van der Waals surface area (Å²) < 4.78 is 4.10. The molecule has 0 radical (unpaired) electrons. The molecule has 1 saturated heterocycles. The van der Waals surface area contributed by atoms with Crippen molar-refractivity contribution in [2.45, 2.75) is 92.5 Å². The summed E-state index contributed by atoms with van der Waals surface area (Å²) >= 11 is -2.67. The van der Waals surface area contributed by atoms with Gasteiger partial charge in [0.25, 0.3) is 0 Å². The average molecular weight is 712 g/mol. The molecular formula is C45H52Cl2Ti. The van der Waals surface area contributed by atoms with E-state index in [1.54, 1.807) is 22.3 Å². The third kappa shape index (κ3) is 6.15. The van der Waals surface area contributed by atoms with Crippen molar-refractivity contribution in [3.05, 3.63) is 129 Å². The fraction of sp³-hybridized carbons (Fsp3) is 0.378. The number of halogens is 2. The van der Waals surface area contributed by atoms with E-state index in [0.29, 0.717) is 8.45 Å². The van der Waals surface area contributed by atoms with Crippen LogP contribution in [0, 0.1) is 10.8 Å². The molecular weight excluding hydrogens is 659 g/mol. The Hall–Kier alpha value is -2.35. The van der Waals surface area contributed by atoms with Gasteiger partial charge in [0.1, 0.15) is 0 Å². The summed E-state index contributed by atoms with van der Waals surface area (Å²) in [5, 5.41) is 0. The third-order valence-corrected chi connectivity index (χ3v) is 21.2. The van der Waals surface area contributed by atoms with Gasteiger partial charge < -0.3 is 24.8 Å². The molecule has 4 aromatic rings. The Balaban J connectivity index is 0.00000225. The molecule has 0 aromatic heterocycles. The van der Waals surface area contributed by atoms with Crippen LogP contribution in [0.5, 0.6) is 0 Å². The van der Waals surface area contributed by atoms with Gasteiger partial charge in [-0.2, -0.15) is 0 Å². The topological polar surface area (TPSA) is 0 Å². The summed E-state index contributed by atoms with van der Waals surface area (Å²) in [6, 6.07) is 33.2. The van der Waals surface area contributed by atoms with Gasteiger partial charge in [0, 0.05) is 0 Å². The minimum absolute atomic E-state index is 0. The Kier molecular flexibility index (Phi) is 10.6. The average Bonchev–Trinajstić information content (AvgIpc) is 3.62. The van der Waals surface area contributed by atoms with E-state index >= 15 is 0 Å². The van der Waals surface area contributed by atoms with Crippen LogP contribution in [0.2, 0.25) is 9.45 Å². The molecule has 0 spiro atoms. The Morgan fingerprint density at radius 2 is 0.917 bits per heavy atom. The summed E-state index contributed by atoms with van der Waals surface area (Å²) in [6.45, 7) is 19.3. The van der Waals surface area contributed by atoms with E-state index in [1.165, 1.54) is 60.4 Å². The largest absolute Gasteiger partial charge is 1.00 e. The minimum atomic E-state index is -2.67. The van der Waals surface area contributed by atoms with E-state index in [2.05, 4.69) is 152 Å². The summed E-state index contributed by atoms with van der Waals surface area (Å²) in [5.74, 6) is 0. The molecule has 0 amide bonds. The van der Waals surface area contributed by atoms with Gasteiger partial charge in [0.2, 0.25) is 0 Å². The van der Waals surface area contributed by atoms with Gasteiger partial charge in [-0.3, -0.25) is 0 Å². The molecule has 3 heteroatoms. The number of aryl methyl sites for hydroxylation is 2. The zero-order valence-corrected chi connectivity index (χ0v) is 33.3. The molecule has 0 bridgehead atoms. The van der Waals surface area contributed by atoms with Gasteiger partial charge >= 0.3 is 284 Å². The number of rotatable bonds is 6. The zero-order valence-electron chi connectivity index (χ0n) is 30.2. The SMILES string of the molecule is CCc1ccc(-c2cccc3c2C=C(C(C)(C)C)[CH]3[Ti+2]2([CH]3C(C(C)(C)C)=Cc4c(-c5ccc(CC)cc5)cccc43)[CH2]C[CH2]2)cc1.[Cl-].[Cl-]. The maximum Gasteiger partial charge on any atom is -1.00 e. The predicted molar refractivity (Wildman–Crippen MR) is 197 cm³/mol. The quantitative estimate of drug-likeness (QED) is 0.186. The van der Waals surface area contributed by atoms with Crippen LogP contribution in [0.15, 0.2) is 96.1 Å². The second-order valence-electron chi connectivity index (χ2n) is 16.4. The molecule has 0 nitrogen and oxygen atoms in total. The van der Waals surface area contributed by atoms with Crippen LogP contribution in [-0.2, 0) is 29.4 Å². The molecule has 4 aromatic carbocycles. The maximum atomic E-state index is 2.66. The summed E-state index contributed by atoms with van der Waals surface area (Å²) in [6.07, 6.45) is 8.88. The van der Waals surface area contributed by atoms with Gasteiger partial charge in [-0.1, -0.05) is 0 Å². The maximum absolute atomic E-state index is 2.67. The van der Waals surface area contributed by atoms with E-state index in [4.69, 9.17) is 0 Å². The van der Waals surface area contributed by atoms with Crippen LogP contribution < -0.4 is 24.8 Å². The molecule has 0 N–H and O–H groups in total. The van der Waals surface area contributed by atoms with Crippen LogP contribution in [0.3, 0.4) is 0 Å². The molecule has 2 atom stereocenters. The Bertz CT molecular complexity index is 1710. The van der Waals surface area contributed by atoms with Crippen molar-refractivity contribution in [1.29, 1.82) is 0 Å². The van der Waals surface area contributed by atoms with Crippen LogP contribution in [-0.4, -0.2) is 0 Å². The first-order valence-electron chi connectivity index (χ1n) is 17.8. The van der Waals surface area contributed by atoms with Crippen LogP contribution in [0.25, 0.3) is 34.4 Å². The van der Waals surface area contributed by atoms with Crippen molar-refractivity contribution in [2.75, 3.05) is 0 Å². The Morgan fingerprint density at radius 3 is 1.21 bits per heavy atom. The monoisotopic (exact) mass is 710 g/mol. The Morgan fingerprint density at radius 1 is 0.542 bits per heavy atom. The first-order chi connectivity index (χ1) is 22.0. The second-order valence-corrected chi connectivity index (χ2v) is 23.6. The molecule has 3 aliphatic rings. The fourth-order valence-electron chi connectivity index (χ4n) is 9.01. The zero-order chi connectivity index (χ0) is 32.4. The normalized spacial score (nSPS) is 18.6. The number of hydrogen-bond donors (Lipinski definition) is 0. The number of allylic oxidation sites excluding steroid dienone is 2. The standard InChI is InChI=1S/2C21H23.C3H6.2ClH.Ti/c2*1-5-15-9-11-16(12-10-15)19-8-6-7-17-13-18(14-20(17)19)21(2,3)4;1-3-2;;;/h2*6-14H,5H2,1-4H3;1-3H2;2*1H;/q;;;;;+2/p-2. The second kappa shape index (κ2) is 13.8. The van der Waals surface area contributed by atoms with E-state index in [9.17, 15) is 0 Å². The van der Waals surface area contributed by atoms with Gasteiger partial charge in [-0.25, -0.2) is 0 Å². The molecule has 2 unspecified atom stereocenters. The summed E-state index contributed by atoms with van der Waals surface area (Å²) in [5.41, 5.74) is 18.3. The first kappa shape index (κ1) is 36.9. The van der Waals surface area contributed by atoms with Gasteiger partial charge in [0.05, 0.1) is 0 Å². The van der Waals surface area contributed by atoms with E-state index in [0.717, 1.165) is 12.8 Å². The smallest absolute Gasteiger partial charge is 1.00 e. The molecule has 1 aliphatic heterocycles.